The fourth-order valence-corrected chi connectivity index (χ4v) is 2.17. The van der Waals surface area contributed by atoms with E-state index in [1.54, 1.807) is 24.3 Å². The van der Waals surface area contributed by atoms with Crippen LogP contribution in [0, 0.1) is 18.6 Å². The van der Waals surface area contributed by atoms with Crippen molar-refractivity contribution in [3.63, 3.8) is 0 Å². The molecule has 4 heteroatoms. The second kappa shape index (κ2) is 5.16. The van der Waals surface area contributed by atoms with Gasteiger partial charge in [0.2, 0.25) is 0 Å². The van der Waals surface area contributed by atoms with Gasteiger partial charge < -0.3 is 5.73 Å². The Morgan fingerprint density at radius 3 is 2.39 bits per heavy atom. The Balaban J connectivity index is 2.41. The SMILES string of the molecule is Cc1ccc(C(N)c2ccc(F)c(Br)c2)c(F)c1. The lowest BCUT2D eigenvalue weighted by Crippen LogP contribution is -2.13. The molecule has 2 rings (SSSR count). The summed E-state index contributed by atoms with van der Waals surface area (Å²) in [6.07, 6.45) is 0. The van der Waals surface area contributed by atoms with Crippen molar-refractivity contribution in [2.24, 2.45) is 5.73 Å². The Bertz CT molecular complexity index is 584. The molecule has 94 valence electrons. The lowest BCUT2D eigenvalue weighted by Gasteiger charge is -2.14. The van der Waals surface area contributed by atoms with E-state index in [2.05, 4.69) is 15.9 Å². The van der Waals surface area contributed by atoms with Gasteiger partial charge in [-0.1, -0.05) is 18.2 Å². The topological polar surface area (TPSA) is 26.0 Å². The van der Waals surface area contributed by atoms with Gasteiger partial charge in [-0.2, -0.15) is 0 Å². The lowest BCUT2D eigenvalue weighted by atomic mass is 9.98. The number of hydrogen-bond acceptors (Lipinski definition) is 1. The molecule has 0 aliphatic heterocycles. The van der Waals surface area contributed by atoms with Crippen LogP contribution in [0.5, 0.6) is 0 Å². The van der Waals surface area contributed by atoms with Gasteiger partial charge in [-0.3, -0.25) is 0 Å². The van der Waals surface area contributed by atoms with Crippen LogP contribution < -0.4 is 5.73 Å². The third-order valence-corrected chi connectivity index (χ3v) is 3.40. The Morgan fingerprint density at radius 2 is 1.78 bits per heavy atom. The lowest BCUT2D eigenvalue weighted by molar-refractivity contribution is 0.597. The Hall–Kier alpha value is -1.26. The summed E-state index contributed by atoms with van der Waals surface area (Å²) in [5.41, 5.74) is 7.90. The molecule has 0 radical (unpaired) electrons. The van der Waals surface area contributed by atoms with Gasteiger partial charge in [0, 0.05) is 5.56 Å². The third kappa shape index (κ3) is 2.60. The summed E-state index contributed by atoms with van der Waals surface area (Å²) in [5.74, 6) is -0.710. The first-order chi connectivity index (χ1) is 8.49. The van der Waals surface area contributed by atoms with E-state index in [1.807, 2.05) is 6.92 Å². The summed E-state index contributed by atoms with van der Waals surface area (Å²) in [5, 5.41) is 0. The van der Waals surface area contributed by atoms with E-state index < -0.39 is 6.04 Å². The van der Waals surface area contributed by atoms with Gasteiger partial charge >= 0.3 is 0 Å². The van der Waals surface area contributed by atoms with Crippen LogP contribution in [0.2, 0.25) is 0 Å². The Kier molecular flexibility index (Phi) is 3.78. The fraction of sp³-hybridized carbons (Fsp3) is 0.143. The molecule has 0 aliphatic carbocycles. The van der Waals surface area contributed by atoms with Crippen molar-refractivity contribution < 1.29 is 8.78 Å². The van der Waals surface area contributed by atoms with Gasteiger partial charge in [0.25, 0.3) is 0 Å². The van der Waals surface area contributed by atoms with Crippen LogP contribution in [-0.4, -0.2) is 0 Å². The summed E-state index contributed by atoms with van der Waals surface area (Å²) in [6, 6.07) is 8.73. The fourth-order valence-electron chi connectivity index (χ4n) is 1.77. The molecule has 2 aromatic carbocycles. The van der Waals surface area contributed by atoms with Crippen LogP contribution in [0.3, 0.4) is 0 Å². The number of rotatable bonds is 2. The van der Waals surface area contributed by atoms with Crippen LogP contribution in [0.25, 0.3) is 0 Å². The number of nitrogens with two attached hydrogens (primary N) is 1. The summed E-state index contributed by atoms with van der Waals surface area (Å²) in [4.78, 5) is 0. The van der Waals surface area contributed by atoms with Gasteiger partial charge in [0.15, 0.2) is 0 Å². The second-order valence-corrected chi connectivity index (χ2v) is 5.03. The molecule has 0 aliphatic rings. The van der Waals surface area contributed by atoms with E-state index in [1.165, 1.54) is 12.1 Å². The van der Waals surface area contributed by atoms with Crippen molar-refractivity contribution in [3.8, 4) is 0 Å². The average molecular weight is 312 g/mol. The molecular formula is C14H12BrF2N. The van der Waals surface area contributed by atoms with E-state index in [-0.39, 0.29) is 11.6 Å². The van der Waals surface area contributed by atoms with Crippen LogP contribution in [0.1, 0.15) is 22.7 Å². The molecule has 18 heavy (non-hydrogen) atoms. The molecule has 0 fully saturated rings. The molecular weight excluding hydrogens is 300 g/mol. The molecule has 1 unspecified atom stereocenters. The third-order valence-electron chi connectivity index (χ3n) is 2.79. The van der Waals surface area contributed by atoms with Crippen molar-refractivity contribution in [3.05, 3.63) is 69.2 Å². The molecule has 1 atom stereocenters. The smallest absolute Gasteiger partial charge is 0.137 e. The van der Waals surface area contributed by atoms with Gasteiger partial charge in [0.05, 0.1) is 10.5 Å². The van der Waals surface area contributed by atoms with E-state index in [0.29, 0.717) is 15.6 Å². The number of benzene rings is 2. The van der Waals surface area contributed by atoms with Crippen LogP contribution >= 0.6 is 15.9 Å². The molecule has 2 N–H and O–H groups in total. The average Bonchev–Trinajstić information content (AvgIpc) is 2.32. The van der Waals surface area contributed by atoms with Gasteiger partial charge in [-0.25, -0.2) is 8.78 Å². The zero-order valence-corrected chi connectivity index (χ0v) is 11.3. The van der Waals surface area contributed by atoms with E-state index in [4.69, 9.17) is 5.73 Å². The summed E-state index contributed by atoms with van der Waals surface area (Å²) < 4.78 is 27.3. The molecule has 0 amide bonds. The summed E-state index contributed by atoms with van der Waals surface area (Å²) >= 11 is 3.09. The van der Waals surface area contributed by atoms with Crippen molar-refractivity contribution >= 4 is 15.9 Å². The number of aryl methyl sites for hydroxylation is 1. The first kappa shape index (κ1) is 13.2. The van der Waals surface area contributed by atoms with Gasteiger partial charge in [-0.05, 0) is 52.2 Å². The molecule has 0 saturated heterocycles. The zero-order valence-electron chi connectivity index (χ0n) is 9.75. The minimum Gasteiger partial charge on any atom is -0.320 e. The Morgan fingerprint density at radius 1 is 1.06 bits per heavy atom. The minimum atomic E-state index is -0.609. The largest absolute Gasteiger partial charge is 0.320 e. The first-order valence-electron chi connectivity index (χ1n) is 5.45. The molecule has 0 aromatic heterocycles. The van der Waals surface area contributed by atoms with Crippen molar-refractivity contribution in [1.29, 1.82) is 0 Å². The van der Waals surface area contributed by atoms with Crippen LogP contribution in [-0.2, 0) is 0 Å². The van der Waals surface area contributed by atoms with Gasteiger partial charge in [0.1, 0.15) is 11.6 Å². The minimum absolute atomic E-state index is 0.322. The zero-order chi connectivity index (χ0) is 13.3. The maximum absolute atomic E-state index is 13.8. The highest BCUT2D eigenvalue weighted by molar-refractivity contribution is 9.10. The highest BCUT2D eigenvalue weighted by atomic mass is 79.9. The van der Waals surface area contributed by atoms with Crippen molar-refractivity contribution in [2.45, 2.75) is 13.0 Å². The summed E-state index contributed by atoms with van der Waals surface area (Å²) in [7, 11) is 0. The second-order valence-electron chi connectivity index (χ2n) is 4.18. The monoisotopic (exact) mass is 311 g/mol. The quantitative estimate of drug-likeness (QED) is 0.888. The van der Waals surface area contributed by atoms with E-state index in [0.717, 1.165) is 5.56 Å². The molecule has 2 aromatic rings. The molecule has 1 nitrogen and oxygen atoms in total. The van der Waals surface area contributed by atoms with Crippen LogP contribution in [0.15, 0.2) is 40.9 Å². The standard InChI is InChI=1S/C14H12BrF2N/c1-8-2-4-10(13(17)6-8)14(18)9-3-5-12(16)11(15)7-9/h2-7,14H,18H2,1H3. The van der Waals surface area contributed by atoms with Crippen molar-refractivity contribution in [1.82, 2.24) is 0 Å². The molecule has 0 bridgehead atoms. The Labute approximate surface area is 113 Å². The predicted molar refractivity (Wildman–Crippen MR) is 71.3 cm³/mol. The number of hydrogen-bond donors (Lipinski definition) is 1. The maximum atomic E-state index is 13.8. The van der Waals surface area contributed by atoms with Crippen molar-refractivity contribution in [2.75, 3.05) is 0 Å². The summed E-state index contributed by atoms with van der Waals surface area (Å²) in [6.45, 7) is 1.81. The number of halogens is 3. The molecule has 0 saturated carbocycles. The first-order valence-corrected chi connectivity index (χ1v) is 6.25. The molecule has 0 spiro atoms. The molecule has 0 heterocycles. The normalized spacial score (nSPS) is 12.5. The highest BCUT2D eigenvalue weighted by Crippen LogP contribution is 2.26. The predicted octanol–water partition coefficient (Wildman–Crippen LogP) is 4.08. The van der Waals surface area contributed by atoms with E-state index >= 15 is 0 Å². The van der Waals surface area contributed by atoms with Crippen LogP contribution in [0.4, 0.5) is 8.78 Å². The van der Waals surface area contributed by atoms with Gasteiger partial charge in [-0.15, -0.1) is 0 Å². The highest BCUT2D eigenvalue weighted by Gasteiger charge is 2.14. The maximum Gasteiger partial charge on any atom is 0.137 e. The van der Waals surface area contributed by atoms with E-state index in [9.17, 15) is 8.78 Å².